The number of hydrogen-bond acceptors (Lipinski definition) is 4. The highest BCUT2D eigenvalue weighted by Crippen LogP contribution is 2.28. The van der Waals surface area contributed by atoms with Crippen LogP contribution >= 0.6 is 23.2 Å². The summed E-state index contributed by atoms with van der Waals surface area (Å²) in [6.45, 7) is 1.65. The smallest absolute Gasteiger partial charge is 0.391 e. The van der Waals surface area contributed by atoms with Gasteiger partial charge < -0.3 is 4.84 Å². The molecule has 0 aliphatic heterocycles. The van der Waals surface area contributed by atoms with Crippen LogP contribution in [-0.2, 0) is 21.5 Å². The number of rotatable bonds is 6. The van der Waals surface area contributed by atoms with E-state index < -0.39 is 15.5 Å². The fourth-order valence-corrected chi connectivity index (χ4v) is 2.91. The van der Waals surface area contributed by atoms with Crippen molar-refractivity contribution in [1.29, 1.82) is 0 Å². The Balaban J connectivity index is 2.17. The molecule has 1 N–H and O–H groups in total. The Kier molecular flexibility index (Phi) is 6.61. The van der Waals surface area contributed by atoms with E-state index in [2.05, 4.69) is 5.16 Å². The van der Waals surface area contributed by atoms with Crippen LogP contribution in [0.3, 0.4) is 0 Å². The van der Waals surface area contributed by atoms with E-state index in [1.807, 2.05) is 0 Å². The second-order valence-corrected chi connectivity index (χ2v) is 7.82. The van der Waals surface area contributed by atoms with Crippen molar-refractivity contribution in [1.82, 2.24) is 0 Å². The topological polar surface area (TPSA) is 67.8 Å². The minimum absolute atomic E-state index is 0.0364. The van der Waals surface area contributed by atoms with E-state index in [-0.39, 0.29) is 17.9 Å². The van der Waals surface area contributed by atoms with Crippen LogP contribution in [0.25, 0.3) is 0 Å². The van der Waals surface area contributed by atoms with Gasteiger partial charge in [0, 0.05) is 11.1 Å². The number of hydrogen-bond donors (Lipinski definition) is 1. The molecule has 11 heteroatoms. The summed E-state index contributed by atoms with van der Waals surface area (Å²) in [5.74, 6) is 0. The van der Waals surface area contributed by atoms with Gasteiger partial charge in [0.2, 0.25) is 0 Å². The van der Waals surface area contributed by atoms with Crippen molar-refractivity contribution in [3.8, 4) is 0 Å². The molecule has 27 heavy (non-hydrogen) atoms. The van der Waals surface area contributed by atoms with E-state index in [1.54, 1.807) is 25.1 Å². The Morgan fingerprint density at radius 2 is 1.93 bits per heavy atom. The molecule has 0 fully saturated rings. The summed E-state index contributed by atoms with van der Waals surface area (Å²) in [5.41, 5.74) is -4.38. The first-order valence-electron chi connectivity index (χ1n) is 7.29. The van der Waals surface area contributed by atoms with Crippen LogP contribution in [0.5, 0.6) is 0 Å². The summed E-state index contributed by atoms with van der Waals surface area (Å²) >= 11 is 11.9. The fraction of sp³-hybridized carbons (Fsp3) is 0.188. The minimum Gasteiger partial charge on any atom is -0.391 e. The summed E-state index contributed by atoms with van der Waals surface area (Å²) in [6, 6.07) is 9.04. The summed E-state index contributed by atoms with van der Waals surface area (Å²) in [5, 5.41) is 4.29. The lowest BCUT2D eigenvalue weighted by Crippen LogP contribution is -2.30. The largest absolute Gasteiger partial charge is 0.516 e. The molecule has 0 saturated carbocycles. The van der Waals surface area contributed by atoms with Crippen LogP contribution in [0.15, 0.2) is 41.6 Å². The molecule has 0 aliphatic rings. The number of halogens is 5. The molecular formula is C16H13Cl2F3N2O3S. The average Bonchev–Trinajstić information content (AvgIpc) is 2.56. The number of aryl methyl sites for hydroxylation is 1. The summed E-state index contributed by atoms with van der Waals surface area (Å²) < 4.78 is 61.8. The van der Waals surface area contributed by atoms with Gasteiger partial charge in [-0.05, 0) is 25.1 Å². The first-order valence-corrected chi connectivity index (χ1v) is 9.53. The van der Waals surface area contributed by atoms with E-state index in [0.717, 1.165) is 6.21 Å². The van der Waals surface area contributed by atoms with Crippen molar-refractivity contribution in [2.45, 2.75) is 19.0 Å². The van der Waals surface area contributed by atoms with E-state index in [9.17, 15) is 21.6 Å². The fourth-order valence-electron chi connectivity index (χ4n) is 1.95. The Morgan fingerprint density at radius 1 is 1.22 bits per heavy atom. The van der Waals surface area contributed by atoms with E-state index >= 15 is 0 Å². The molecule has 2 aromatic carbocycles. The third-order valence-corrected chi connectivity index (χ3v) is 5.23. The van der Waals surface area contributed by atoms with Gasteiger partial charge in [-0.2, -0.15) is 21.6 Å². The van der Waals surface area contributed by atoms with Crippen LogP contribution in [0.1, 0.15) is 16.7 Å². The first kappa shape index (κ1) is 21.3. The number of benzene rings is 2. The van der Waals surface area contributed by atoms with Gasteiger partial charge in [-0.3, -0.25) is 4.72 Å². The number of sulfonamides is 1. The number of nitrogens with one attached hydrogen (secondary N) is 1. The maximum Gasteiger partial charge on any atom is 0.516 e. The number of oxime groups is 1. The highest BCUT2D eigenvalue weighted by Gasteiger charge is 2.46. The van der Waals surface area contributed by atoms with E-state index in [0.29, 0.717) is 21.2 Å². The molecule has 2 rings (SSSR count). The Hall–Kier alpha value is -1.97. The molecular weight excluding hydrogens is 428 g/mol. The molecule has 2 aromatic rings. The summed E-state index contributed by atoms with van der Waals surface area (Å²) in [7, 11) is -5.55. The Labute approximate surface area is 163 Å². The lowest BCUT2D eigenvalue weighted by atomic mass is 10.1. The molecule has 5 nitrogen and oxygen atoms in total. The van der Waals surface area contributed by atoms with Gasteiger partial charge in [-0.15, -0.1) is 0 Å². The highest BCUT2D eigenvalue weighted by atomic mass is 35.5. The third-order valence-electron chi connectivity index (χ3n) is 3.27. The number of nitrogens with zero attached hydrogens (tertiary/aromatic N) is 1. The molecule has 0 spiro atoms. The zero-order valence-electron chi connectivity index (χ0n) is 13.7. The lowest BCUT2D eigenvalue weighted by Gasteiger charge is -2.13. The monoisotopic (exact) mass is 440 g/mol. The molecule has 0 aromatic heterocycles. The summed E-state index contributed by atoms with van der Waals surface area (Å²) in [6.07, 6.45) is 1.10. The number of alkyl halides is 3. The molecule has 0 amide bonds. The van der Waals surface area contributed by atoms with Crippen molar-refractivity contribution in [2.75, 3.05) is 4.72 Å². The third kappa shape index (κ3) is 5.50. The van der Waals surface area contributed by atoms with Crippen molar-refractivity contribution in [3.05, 3.63) is 63.1 Å². The zero-order chi connectivity index (χ0) is 20.2. The van der Waals surface area contributed by atoms with Gasteiger partial charge >= 0.3 is 15.5 Å². The van der Waals surface area contributed by atoms with Gasteiger partial charge in [0.1, 0.15) is 6.61 Å². The summed E-state index contributed by atoms with van der Waals surface area (Å²) in [4.78, 5) is 5.08. The SMILES string of the molecule is Cc1ccc(NS(=O)(=O)C(F)(F)F)c(/C=N/OCc2cccc(Cl)c2Cl)c1. The van der Waals surface area contributed by atoms with Gasteiger partial charge in [-0.1, -0.05) is 52.1 Å². The standard InChI is InChI=1S/C16H13Cl2F3N2O3S/c1-10-5-6-14(23-27(24,25)16(19,20)21)12(7-10)8-22-26-9-11-3-2-4-13(17)15(11)18/h2-8,23H,9H2,1H3/b22-8+. The van der Waals surface area contributed by atoms with Crippen LogP contribution in [0, 0.1) is 6.92 Å². The van der Waals surface area contributed by atoms with Crippen molar-refractivity contribution < 1.29 is 26.4 Å². The molecule has 0 saturated heterocycles. The van der Waals surface area contributed by atoms with Crippen molar-refractivity contribution in [3.63, 3.8) is 0 Å². The van der Waals surface area contributed by atoms with Crippen LogP contribution < -0.4 is 4.72 Å². The molecule has 0 aliphatic carbocycles. The van der Waals surface area contributed by atoms with Gasteiger partial charge in [0.25, 0.3) is 0 Å². The number of anilines is 1. The van der Waals surface area contributed by atoms with Crippen LogP contribution in [0.2, 0.25) is 10.0 Å². The zero-order valence-corrected chi connectivity index (χ0v) is 16.0. The van der Waals surface area contributed by atoms with Crippen molar-refractivity contribution >= 4 is 45.1 Å². The molecule has 0 bridgehead atoms. The highest BCUT2D eigenvalue weighted by molar-refractivity contribution is 7.93. The molecule has 0 radical (unpaired) electrons. The maximum absolute atomic E-state index is 12.6. The minimum atomic E-state index is -5.55. The normalized spacial score (nSPS) is 12.4. The predicted molar refractivity (Wildman–Crippen MR) is 98.6 cm³/mol. The predicted octanol–water partition coefficient (Wildman–Crippen LogP) is 5.11. The average molecular weight is 441 g/mol. The quantitative estimate of drug-likeness (QED) is 0.500. The first-order chi connectivity index (χ1) is 12.5. The van der Waals surface area contributed by atoms with Crippen molar-refractivity contribution in [2.24, 2.45) is 5.16 Å². The Bertz CT molecular complexity index is 964. The second kappa shape index (κ2) is 8.37. The lowest BCUT2D eigenvalue weighted by molar-refractivity contribution is -0.0429. The second-order valence-electron chi connectivity index (χ2n) is 5.36. The molecule has 0 heterocycles. The van der Waals surface area contributed by atoms with E-state index in [1.165, 1.54) is 22.9 Å². The van der Waals surface area contributed by atoms with Crippen LogP contribution in [-0.4, -0.2) is 20.1 Å². The molecule has 0 atom stereocenters. The van der Waals surface area contributed by atoms with Gasteiger partial charge in [0.15, 0.2) is 0 Å². The Morgan fingerprint density at radius 3 is 2.59 bits per heavy atom. The van der Waals surface area contributed by atoms with Gasteiger partial charge in [-0.25, -0.2) is 0 Å². The maximum atomic E-state index is 12.6. The van der Waals surface area contributed by atoms with Gasteiger partial charge in [0.05, 0.1) is 21.9 Å². The van der Waals surface area contributed by atoms with E-state index in [4.69, 9.17) is 28.0 Å². The van der Waals surface area contributed by atoms with Crippen LogP contribution in [0.4, 0.5) is 18.9 Å². The molecule has 0 unspecified atom stereocenters. The molecule has 146 valence electrons.